The Morgan fingerprint density at radius 3 is 2.44 bits per heavy atom. The molecule has 7 nitrogen and oxygen atoms in total. The molecule has 0 aliphatic carbocycles. The number of hydrogen-bond donors (Lipinski definition) is 2. The van der Waals surface area contributed by atoms with Crippen LogP contribution < -0.4 is 10.0 Å². The monoisotopic (exact) mass is 501 g/mol. The summed E-state index contributed by atoms with van der Waals surface area (Å²) < 4.78 is 55.2. The largest absolute Gasteiger partial charge is 0.340 e. The average Bonchev–Trinajstić information content (AvgIpc) is 2.76. The van der Waals surface area contributed by atoms with Crippen LogP contribution in [0.3, 0.4) is 0 Å². The fraction of sp³-hybridized carbons (Fsp3) is 0.0870. The zero-order valence-electron chi connectivity index (χ0n) is 18.0. The minimum atomic E-state index is -4.40. The fourth-order valence-electron chi connectivity index (χ4n) is 3.30. The number of nitrogens with one attached hydrogen (secondary N) is 2. The first kappa shape index (κ1) is 23.5. The zero-order valence-corrected chi connectivity index (χ0v) is 19.5. The molecule has 0 fully saturated rings. The summed E-state index contributed by atoms with van der Waals surface area (Å²) in [5.41, 5.74) is 3.37. The maximum Gasteiger partial charge on any atom is 0.264 e. The third kappa shape index (κ3) is 4.97. The van der Waals surface area contributed by atoms with E-state index in [1.807, 2.05) is 13.0 Å². The normalized spacial score (nSPS) is 11.3. The van der Waals surface area contributed by atoms with Crippen molar-refractivity contribution in [2.45, 2.75) is 18.7 Å². The van der Waals surface area contributed by atoms with Gasteiger partial charge in [-0.25, -0.2) is 27.2 Å². The molecule has 0 spiro atoms. The van der Waals surface area contributed by atoms with Gasteiger partial charge in [-0.1, -0.05) is 11.6 Å². The molecule has 34 heavy (non-hydrogen) atoms. The number of sulfonamides is 1. The summed E-state index contributed by atoms with van der Waals surface area (Å²) in [6.07, 6.45) is 4.78. The van der Waals surface area contributed by atoms with Gasteiger partial charge in [0.05, 0.1) is 5.69 Å². The Morgan fingerprint density at radius 2 is 1.71 bits per heavy atom. The van der Waals surface area contributed by atoms with Crippen LogP contribution in [0.15, 0.2) is 66.0 Å². The molecule has 11 heteroatoms. The van der Waals surface area contributed by atoms with Crippen molar-refractivity contribution >= 4 is 38.8 Å². The van der Waals surface area contributed by atoms with Crippen LogP contribution in [0.5, 0.6) is 0 Å². The number of rotatable bonds is 6. The number of halogens is 3. The quantitative estimate of drug-likeness (QED) is 0.332. The Hall–Kier alpha value is -3.63. The first-order valence-electron chi connectivity index (χ1n) is 9.93. The molecule has 0 radical (unpaired) electrons. The lowest BCUT2D eigenvalue weighted by Gasteiger charge is -2.16. The first-order valence-corrected chi connectivity index (χ1v) is 11.8. The third-order valence-electron chi connectivity index (χ3n) is 4.95. The molecule has 0 unspecified atom stereocenters. The van der Waals surface area contributed by atoms with Crippen molar-refractivity contribution in [3.8, 4) is 11.1 Å². The number of benzene rings is 1. The summed E-state index contributed by atoms with van der Waals surface area (Å²) in [5, 5.41) is 3.07. The highest BCUT2D eigenvalue weighted by molar-refractivity contribution is 7.92. The Balaban J connectivity index is 1.69. The molecule has 174 valence electrons. The molecule has 0 bridgehead atoms. The number of nitrogens with zero attached hydrogens (tertiary/aromatic N) is 3. The highest BCUT2D eigenvalue weighted by atomic mass is 35.5. The summed E-state index contributed by atoms with van der Waals surface area (Å²) in [6, 6.07) is 9.37. The van der Waals surface area contributed by atoms with Gasteiger partial charge in [-0.15, -0.1) is 0 Å². The molecule has 0 saturated heterocycles. The SMILES string of the molecule is Cc1cc(Nc2cc(-c3cnc(Cl)c(NS(=O)(=O)c4ccc(F)cc4F)c3C)ccn2)ccn1. The van der Waals surface area contributed by atoms with Crippen molar-refractivity contribution in [1.29, 1.82) is 0 Å². The topological polar surface area (TPSA) is 96.9 Å². The van der Waals surface area contributed by atoms with Gasteiger partial charge >= 0.3 is 0 Å². The second kappa shape index (κ2) is 9.32. The van der Waals surface area contributed by atoms with E-state index in [-0.39, 0.29) is 10.8 Å². The summed E-state index contributed by atoms with van der Waals surface area (Å²) in [6.45, 7) is 3.53. The van der Waals surface area contributed by atoms with Gasteiger partial charge in [-0.3, -0.25) is 9.71 Å². The predicted molar refractivity (Wildman–Crippen MR) is 127 cm³/mol. The van der Waals surface area contributed by atoms with Crippen LogP contribution in [0.25, 0.3) is 11.1 Å². The molecule has 4 aromatic rings. The van der Waals surface area contributed by atoms with Crippen molar-refractivity contribution in [3.63, 3.8) is 0 Å². The van der Waals surface area contributed by atoms with E-state index < -0.39 is 26.6 Å². The first-order chi connectivity index (χ1) is 16.1. The van der Waals surface area contributed by atoms with Crippen molar-refractivity contribution < 1.29 is 17.2 Å². The van der Waals surface area contributed by atoms with E-state index in [2.05, 4.69) is 25.0 Å². The molecule has 2 N–H and O–H groups in total. The second-order valence-electron chi connectivity index (χ2n) is 7.38. The van der Waals surface area contributed by atoms with Crippen LogP contribution in [0, 0.1) is 25.5 Å². The Labute approximate surface area is 199 Å². The van der Waals surface area contributed by atoms with Crippen molar-refractivity contribution in [3.05, 3.63) is 89.1 Å². The fourth-order valence-corrected chi connectivity index (χ4v) is 4.79. The number of aromatic nitrogens is 3. The molecule has 4 rings (SSSR count). The minimum absolute atomic E-state index is 0.0148. The van der Waals surface area contributed by atoms with Crippen LogP contribution >= 0.6 is 11.6 Å². The van der Waals surface area contributed by atoms with E-state index >= 15 is 0 Å². The molecule has 0 saturated carbocycles. The molecule has 0 atom stereocenters. The average molecular weight is 502 g/mol. The van der Waals surface area contributed by atoms with Crippen LogP contribution in [0.4, 0.5) is 26.0 Å². The van der Waals surface area contributed by atoms with E-state index in [4.69, 9.17) is 11.6 Å². The maximum absolute atomic E-state index is 14.1. The minimum Gasteiger partial charge on any atom is -0.340 e. The highest BCUT2D eigenvalue weighted by Gasteiger charge is 2.23. The van der Waals surface area contributed by atoms with Gasteiger partial charge in [0.15, 0.2) is 5.15 Å². The van der Waals surface area contributed by atoms with Crippen LogP contribution in [0.1, 0.15) is 11.3 Å². The van der Waals surface area contributed by atoms with Crippen molar-refractivity contribution in [1.82, 2.24) is 15.0 Å². The van der Waals surface area contributed by atoms with Crippen LogP contribution in [0.2, 0.25) is 5.15 Å². The Kier molecular flexibility index (Phi) is 6.45. The molecule has 3 aromatic heterocycles. The molecular weight excluding hydrogens is 484 g/mol. The van der Waals surface area contributed by atoms with Gasteiger partial charge in [0.25, 0.3) is 10.0 Å². The molecular formula is C23H18ClF2N5O2S. The lowest BCUT2D eigenvalue weighted by Crippen LogP contribution is -2.16. The van der Waals surface area contributed by atoms with Crippen LogP contribution in [-0.4, -0.2) is 23.4 Å². The van der Waals surface area contributed by atoms with Gasteiger partial charge in [0.2, 0.25) is 0 Å². The van der Waals surface area contributed by atoms with E-state index in [0.717, 1.165) is 23.5 Å². The molecule has 0 aliphatic heterocycles. The van der Waals surface area contributed by atoms with Gasteiger partial charge in [0.1, 0.15) is 22.3 Å². The third-order valence-corrected chi connectivity index (χ3v) is 6.62. The van der Waals surface area contributed by atoms with Gasteiger partial charge < -0.3 is 5.32 Å². The highest BCUT2D eigenvalue weighted by Crippen LogP contribution is 2.34. The molecule has 0 aliphatic rings. The summed E-state index contributed by atoms with van der Waals surface area (Å²) >= 11 is 6.18. The molecule has 3 heterocycles. The summed E-state index contributed by atoms with van der Waals surface area (Å²) in [7, 11) is -4.40. The van der Waals surface area contributed by atoms with E-state index in [1.54, 1.807) is 37.5 Å². The van der Waals surface area contributed by atoms with E-state index in [9.17, 15) is 17.2 Å². The molecule has 0 amide bonds. The predicted octanol–water partition coefficient (Wildman–Crippen LogP) is 5.63. The number of hydrogen-bond acceptors (Lipinski definition) is 6. The zero-order chi connectivity index (χ0) is 24.5. The van der Waals surface area contributed by atoms with Crippen molar-refractivity contribution in [2.75, 3.05) is 10.0 Å². The number of aryl methyl sites for hydroxylation is 1. The Bertz CT molecular complexity index is 1500. The standard InChI is InChI=1S/C23H18ClF2N5O2S/c1-13-9-17(6-8-27-13)30-21-10-15(5-7-28-21)18-12-29-23(24)22(14(18)2)31-34(32,33)20-4-3-16(25)11-19(20)26/h3-12,31H,1-2H3,(H,27,28,30). The second-order valence-corrected chi connectivity index (χ2v) is 9.39. The van der Waals surface area contributed by atoms with E-state index in [0.29, 0.717) is 28.6 Å². The number of anilines is 3. The van der Waals surface area contributed by atoms with E-state index in [1.165, 1.54) is 6.20 Å². The smallest absolute Gasteiger partial charge is 0.264 e. The van der Waals surface area contributed by atoms with Gasteiger partial charge in [0, 0.05) is 41.6 Å². The number of pyridine rings is 3. The van der Waals surface area contributed by atoms with Crippen molar-refractivity contribution in [2.24, 2.45) is 0 Å². The maximum atomic E-state index is 14.1. The molecule has 1 aromatic carbocycles. The van der Waals surface area contributed by atoms with Gasteiger partial charge in [-0.2, -0.15) is 0 Å². The lowest BCUT2D eigenvalue weighted by atomic mass is 10.0. The van der Waals surface area contributed by atoms with Gasteiger partial charge in [-0.05, 0) is 61.4 Å². The summed E-state index contributed by atoms with van der Waals surface area (Å²) in [4.78, 5) is 11.9. The summed E-state index contributed by atoms with van der Waals surface area (Å²) in [5.74, 6) is -1.56. The Morgan fingerprint density at radius 1 is 0.941 bits per heavy atom. The van der Waals surface area contributed by atoms with Crippen LogP contribution in [-0.2, 0) is 10.0 Å². The lowest BCUT2D eigenvalue weighted by molar-refractivity contribution is 0.551.